The molecule has 0 unspecified atom stereocenters. The quantitative estimate of drug-likeness (QED) is 0.480. The third-order valence-corrected chi connectivity index (χ3v) is 6.22. The van der Waals surface area contributed by atoms with Crippen LogP contribution in [0.1, 0.15) is 29.8 Å². The van der Waals surface area contributed by atoms with Crippen LogP contribution in [0.2, 0.25) is 0 Å². The maximum atomic E-state index is 13.9. The molecule has 0 radical (unpaired) electrons. The van der Waals surface area contributed by atoms with Crippen molar-refractivity contribution in [3.05, 3.63) is 83.7 Å². The lowest BCUT2D eigenvalue weighted by atomic mass is 10.0. The molecule has 1 saturated heterocycles. The number of hydrogen-bond donors (Lipinski definition) is 1. The second-order valence-corrected chi connectivity index (χ2v) is 8.73. The SMILES string of the molecule is Cn1ccnc1CN1CCC(N(Cc2ccccc2)C(=O)Nc2cc(F)cc(C(F)(F)F)c2)CC1. The Labute approximate surface area is 201 Å². The van der Waals surface area contributed by atoms with Gasteiger partial charge in [0.05, 0.1) is 12.1 Å². The van der Waals surface area contributed by atoms with Crippen molar-refractivity contribution in [2.24, 2.45) is 7.05 Å². The maximum absolute atomic E-state index is 13.9. The molecule has 186 valence electrons. The molecule has 0 aliphatic carbocycles. The lowest BCUT2D eigenvalue weighted by molar-refractivity contribution is -0.137. The summed E-state index contributed by atoms with van der Waals surface area (Å²) in [6, 6.07) is 10.7. The van der Waals surface area contributed by atoms with Crippen LogP contribution in [0.4, 0.5) is 28.0 Å². The van der Waals surface area contributed by atoms with Gasteiger partial charge in [-0.15, -0.1) is 0 Å². The van der Waals surface area contributed by atoms with Crippen molar-refractivity contribution in [2.75, 3.05) is 18.4 Å². The number of piperidine rings is 1. The number of hydrogen-bond acceptors (Lipinski definition) is 3. The van der Waals surface area contributed by atoms with Crippen molar-refractivity contribution >= 4 is 11.7 Å². The Morgan fingerprint density at radius 3 is 2.49 bits per heavy atom. The number of aryl methyl sites for hydroxylation is 1. The number of nitrogens with one attached hydrogen (secondary N) is 1. The first-order valence-corrected chi connectivity index (χ1v) is 11.4. The van der Waals surface area contributed by atoms with Gasteiger partial charge in [-0.1, -0.05) is 30.3 Å². The Bertz CT molecular complexity index is 1140. The van der Waals surface area contributed by atoms with Crippen molar-refractivity contribution in [2.45, 2.75) is 38.1 Å². The van der Waals surface area contributed by atoms with Crippen molar-refractivity contribution in [1.82, 2.24) is 19.4 Å². The maximum Gasteiger partial charge on any atom is 0.416 e. The number of benzene rings is 2. The topological polar surface area (TPSA) is 53.4 Å². The van der Waals surface area contributed by atoms with Gasteiger partial charge in [0.15, 0.2) is 0 Å². The van der Waals surface area contributed by atoms with Gasteiger partial charge in [-0.25, -0.2) is 14.2 Å². The zero-order chi connectivity index (χ0) is 25.0. The number of halogens is 4. The van der Waals surface area contributed by atoms with Crippen LogP contribution < -0.4 is 5.32 Å². The lowest BCUT2D eigenvalue weighted by Gasteiger charge is -2.38. The first-order chi connectivity index (χ1) is 16.7. The van der Waals surface area contributed by atoms with Crippen LogP contribution in [0, 0.1) is 5.82 Å². The van der Waals surface area contributed by atoms with E-state index in [9.17, 15) is 22.4 Å². The summed E-state index contributed by atoms with van der Waals surface area (Å²) in [7, 11) is 1.94. The molecule has 0 bridgehead atoms. The molecule has 10 heteroatoms. The van der Waals surface area contributed by atoms with Gasteiger partial charge < -0.3 is 14.8 Å². The van der Waals surface area contributed by atoms with Crippen molar-refractivity contribution in [3.8, 4) is 0 Å². The molecule has 35 heavy (non-hydrogen) atoms. The Kier molecular flexibility index (Phi) is 7.39. The highest BCUT2D eigenvalue weighted by molar-refractivity contribution is 5.89. The van der Waals surface area contributed by atoms with E-state index in [0.29, 0.717) is 25.5 Å². The average molecular weight is 490 g/mol. The van der Waals surface area contributed by atoms with Gasteiger partial charge in [0.25, 0.3) is 0 Å². The molecule has 6 nitrogen and oxygen atoms in total. The number of nitrogens with zero attached hydrogens (tertiary/aromatic N) is 4. The minimum absolute atomic E-state index is 0.122. The minimum Gasteiger partial charge on any atom is -0.337 e. The summed E-state index contributed by atoms with van der Waals surface area (Å²) < 4.78 is 55.2. The molecule has 0 saturated carbocycles. The Hall–Kier alpha value is -3.40. The van der Waals surface area contributed by atoms with Gasteiger partial charge in [0.1, 0.15) is 11.6 Å². The molecule has 3 aromatic rings. The van der Waals surface area contributed by atoms with Crippen LogP contribution in [0.5, 0.6) is 0 Å². The third-order valence-electron chi connectivity index (χ3n) is 6.22. The standard InChI is InChI=1S/C25H27F4N5O/c1-32-12-9-30-23(32)17-33-10-7-22(8-11-33)34(16-18-5-3-2-4-6-18)24(35)31-21-14-19(25(27,28)29)13-20(26)15-21/h2-6,9,12-15,22H,7-8,10-11,16-17H2,1H3,(H,31,35). The number of rotatable bonds is 6. The van der Waals surface area contributed by atoms with E-state index < -0.39 is 23.6 Å². The highest BCUT2D eigenvalue weighted by atomic mass is 19.4. The Morgan fingerprint density at radius 2 is 1.86 bits per heavy atom. The Morgan fingerprint density at radius 1 is 1.14 bits per heavy atom. The van der Waals surface area contributed by atoms with Gasteiger partial charge in [-0.3, -0.25) is 4.90 Å². The fraction of sp³-hybridized carbons (Fsp3) is 0.360. The molecule has 1 aromatic heterocycles. The predicted octanol–water partition coefficient (Wildman–Crippen LogP) is 5.28. The highest BCUT2D eigenvalue weighted by Crippen LogP contribution is 2.32. The molecule has 2 heterocycles. The van der Waals surface area contributed by atoms with Crippen LogP contribution in [0.25, 0.3) is 0 Å². The van der Waals surface area contributed by atoms with Crippen molar-refractivity contribution in [1.29, 1.82) is 0 Å². The van der Waals surface area contributed by atoms with Crippen molar-refractivity contribution in [3.63, 3.8) is 0 Å². The number of aromatic nitrogens is 2. The van der Waals surface area contributed by atoms with Crippen LogP contribution in [0.15, 0.2) is 60.9 Å². The zero-order valence-corrected chi connectivity index (χ0v) is 19.3. The van der Waals surface area contributed by atoms with Crippen LogP contribution >= 0.6 is 0 Å². The number of likely N-dealkylation sites (tertiary alicyclic amines) is 1. The summed E-state index contributed by atoms with van der Waals surface area (Å²) in [5.41, 5.74) is -0.481. The third kappa shape index (κ3) is 6.39. The fourth-order valence-electron chi connectivity index (χ4n) is 4.31. The molecular weight excluding hydrogens is 462 g/mol. The normalized spacial score (nSPS) is 15.2. The van der Waals surface area contributed by atoms with E-state index in [2.05, 4.69) is 15.2 Å². The monoisotopic (exact) mass is 489 g/mol. The largest absolute Gasteiger partial charge is 0.416 e. The van der Waals surface area contributed by atoms with Gasteiger partial charge >= 0.3 is 12.2 Å². The van der Waals surface area contributed by atoms with E-state index >= 15 is 0 Å². The van der Waals surface area contributed by atoms with E-state index in [0.717, 1.165) is 36.6 Å². The molecule has 0 spiro atoms. The molecule has 1 fully saturated rings. The van der Waals surface area contributed by atoms with Gasteiger partial charge in [0, 0.05) is 50.8 Å². The van der Waals surface area contributed by atoms with Crippen LogP contribution in [-0.4, -0.2) is 44.5 Å². The van der Waals surface area contributed by atoms with Crippen LogP contribution in [0.3, 0.4) is 0 Å². The summed E-state index contributed by atoms with van der Waals surface area (Å²) >= 11 is 0. The van der Waals surface area contributed by atoms with E-state index in [1.807, 2.05) is 48.1 Å². The summed E-state index contributed by atoms with van der Waals surface area (Å²) in [6.07, 6.45) is 0.323. The first-order valence-electron chi connectivity index (χ1n) is 11.4. The lowest BCUT2D eigenvalue weighted by Crippen LogP contribution is -2.48. The van der Waals surface area contributed by atoms with E-state index in [4.69, 9.17) is 0 Å². The summed E-state index contributed by atoms with van der Waals surface area (Å²) in [5.74, 6) is -0.110. The molecule has 0 atom stereocenters. The molecule has 2 aromatic carbocycles. The second-order valence-electron chi connectivity index (χ2n) is 8.73. The number of urea groups is 1. The fourth-order valence-corrected chi connectivity index (χ4v) is 4.31. The molecule has 1 aliphatic rings. The second kappa shape index (κ2) is 10.5. The smallest absolute Gasteiger partial charge is 0.337 e. The number of anilines is 1. The van der Waals surface area contributed by atoms with Gasteiger partial charge in [-0.2, -0.15) is 13.2 Å². The first kappa shape index (κ1) is 24.7. The number of amides is 2. The average Bonchev–Trinajstić information content (AvgIpc) is 3.22. The van der Waals surface area contributed by atoms with Gasteiger partial charge in [-0.05, 0) is 36.6 Å². The minimum atomic E-state index is -4.72. The number of alkyl halides is 3. The van der Waals surface area contributed by atoms with E-state index in [1.165, 1.54) is 0 Å². The predicted molar refractivity (Wildman–Crippen MR) is 124 cm³/mol. The number of imidazole rings is 1. The van der Waals surface area contributed by atoms with Gasteiger partial charge in [0.2, 0.25) is 0 Å². The molecular formula is C25H27F4N5O. The van der Waals surface area contributed by atoms with Crippen molar-refractivity contribution < 1.29 is 22.4 Å². The van der Waals surface area contributed by atoms with E-state index in [1.54, 1.807) is 11.1 Å². The molecule has 2 amide bonds. The molecule has 1 aliphatic heterocycles. The number of carbonyl (C=O) groups is 1. The van der Waals surface area contributed by atoms with E-state index in [-0.39, 0.29) is 18.3 Å². The summed E-state index contributed by atoms with van der Waals surface area (Å²) in [6.45, 7) is 2.48. The molecule has 4 rings (SSSR count). The summed E-state index contributed by atoms with van der Waals surface area (Å²) in [5, 5.41) is 2.49. The highest BCUT2D eigenvalue weighted by Gasteiger charge is 2.32. The summed E-state index contributed by atoms with van der Waals surface area (Å²) in [4.78, 5) is 21.5. The molecule has 1 N–H and O–H groups in total. The zero-order valence-electron chi connectivity index (χ0n) is 19.3. The van der Waals surface area contributed by atoms with Crippen LogP contribution in [-0.2, 0) is 26.3 Å². The number of carbonyl (C=O) groups excluding carboxylic acids is 1. The Balaban J connectivity index is 1.48.